The van der Waals surface area contributed by atoms with Gasteiger partial charge in [-0.2, -0.15) is 0 Å². The summed E-state index contributed by atoms with van der Waals surface area (Å²) in [6, 6.07) is 19.0. The van der Waals surface area contributed by atoms with Gasteiger partial charge in [-0.05, 0) is 65.7 Å². The lowest BCUT2D eigenvalue weighted by Crippen LogP contribution is -2.27. The Kier molecular flexibility index (Phi) is 7.17. The van der Waals surface area contributed by atoms with Gasteiger partial charge in [0.15, 0.2) is 11.5 Å². The lowest BCUT2D eigenvalue weighted by Gasteiger charge is -2.13. The van der Waals surface area contributed by atoms with E-state index in [4.69, 9.17) is 9.47 Å². The molecule has 1 heterocycles. The van der Waals surface area contributed by atoms with Crippen molar-refractivity contribution in [3.8, 4) is 11.5 Å². The van der Waals surface area contributed by atoms with Gasteiger partial charge in [-0.15, -0.1) is 0 Å². The van der Waals surface area contributed by atoms with E-state index in [1.807, 2.05) is 31.2 Å². The molecule has 2 amide bonds. The summed E-state index contributed by atoms with van der Waals surface area (Å²) in [5.41, 5.74) is 3.42. The summed E-state index contributed by atoms with van der Waals surface area (Å²) in [6.07, 6.45) is 1.66. The van der Waals surface area contributed by atoms with Gasteiger partial charge >= 0.3 is 0 Å². The minimum atomic E-state index is -0.455. The quantitative estimate of drug-likeness (QED) is 0.226. The minimum Gasteiger partial charge on any atom is -0.493 e. The highest BCUT2D eigenvalue weighted by Gasteiger charge is 2.35. The second-order valence-corrected chi connectivity index (χ2v) is 8.87. The number of hydrogen-bond acceptors (Lipinski definition) is 7. The number of amides is 2. The SMILES string of the molecule is COc1cc(/C=C2/SC(=O)N(Cc3cccc(C)c3)C2=O)ccc1OCc1ccc([N+](=O)[O-])cc1. The number of imide groups is 1. The van der Waals surface area contributed by atoms with Crippen LogP contribution >= 0.6 is 11.8 Å². The third-order valence-corrected chi connectivity index (χ3v) is 6.23. The van der Waals surface area contributed by atoms with Gasteiger partial charge in [-0.3, -0.25) is 24.6 Å². The third-order valence-electron chi connectivity index (χ3n) is 5.32. The summed E-state index contributed by atoms with van der Waals surface area (Å²) in [4.78, 5) is 37.3. The lowest BCUT2D eigenvalue weighted by molar-refractivity contribution is -0.384. The molecule has 0 aromatic heterocycles. The molecule has 178 valence electrons. The van der Waals surface area contributed by atoms with Gasteiger partial charge in [-0.25, -0.2) is 0 Å². The van der Waals surface area contributed by atoms with Gasteiger partial charge in [0.1, 0.15) is 6.61 Å². The van der Waals surface area contributed by atoms with Gasteiger partial charge in [0.05, 0.1) is 23.5 Å². The van der Waals surface area contributed by atoms with Crippen LogP contribution in [-0.2, 0) is 17.9 Å². The van der Waals surface area contributed by atoms with Crippen LogP contribution < -0.4 is 9.47 Å². The number of nitro benzene ring substituents is 1. The van der Waals surface area contributed by atoms with Gasteiger partial charge in [0, 0.05) is 12.1 Å². The Morgan fingerprint density at radius 1 is 1.00 bits per heavy atom. The van der Waals surface area contributed by atoms with Crippen molar-refractivity contribution >= 4 is 34.7 Å². The van der Waals surface area contributed by atoms with E-state index in [1.54, 1.807) is 36.4 Å². The summed E-state index contributed by atoms with van der Waals surface area (Å²) < 4.78 is 11.3. The first-order valence-corrected chi connectivity index (χ1v) is 11.5. The van der Waals surface area contributed by atoms with Crippen LogP contribution in [0.3, 0.4) is 0 Å². The zero-order valence-electron chi connectivity index (χ0n) is 19.1. The van der Waals surface area contributed by atoms with Crippen molar-refractivity contribution in [2.75, 3.05) is 7.11 Å². The molecule has 0 aliphatic carbocycles. The summed E-state index contributed by atoms with van der Waals surface area (Å²) in [6.45, 7) is 2.39. The van der Waals surface area contributed by atoms with Crippen LogP contribution in [0.5, 0.6) is 11.5 Å². The Morgan fingerprint density at radius 3 is 2.46 bits per heavy atom. The largest absolute Gasteiger partial charge is 0.493 e. The number of hydrogen-bond donors (Lipinski definition) is 0. The highest BCUT2D eigenvalue weighted by Crippen LogP contribution is 2.35. The van der Waals surface area contributed by atoms with Crippen molar-refractivity contribution in [1.82, 2.24) is 4.90 Å². The Labute approximate surface area is 206 Å². The smallest absolute Gasteiger partial charge is 0.293 e. The van der Waals surface area contributed by atoms with E-state index >= 15 is 0 Å². The number of ether oxygens (including phenoxy) is 2. The van der Waals surface area contributed by atoms with Gasteiger partial charge in [-0.1, -0.05) is 35.9 Å². The fourth-order valence-electron chi connectivity index (χ4n) is 3.55. The van der Waals surface area contributed by atoms with E-state index in [0.717, 1.165) is 28.5 Å². The minimum absolute atomic E-state index is 0.0129. The predicted molar refractivity (Wildman–Crippen MR) is 133 cm³/mol. The van der Waals surface area contributed by atoms with E-state index in [-0.39, 0.29) is 30.0 Å². The number of rotatable bonds is 8. The highest BCUT2D eigenvalue weighted by atomic mass is 32.2. The number of nitro groups is 1. The molecule has 0 spiro atoms. The number of nitrogens with zero attached hydrogens (tertiary/aromatic N) is 2. The first kappa shape index (κ1) is 24.0. The van der Waals surface area contributed by atoms with Crippen molar-refractivity contribution in [1.29, 1.82) is 0 Å². The molecule has 4 rings (SSSR count). The summed E-state index contributed by atoms with van der Waals surface area (Å²) in [7, 11) is 1.51. The lowest BCUT2D eigenvalue weighted by atomic mass is 10.1. The topological polar surface area (TPSA) is 99.0 Å². The monoisotopic (exact) mass is 490 g/mol. The fraction of sp³-hybridized carbons (Fsp3) is 0.154. The Bertz CT molecular complexity index is 1320. The number of aryl methyl sites for hydroxylation is 1. The van der Waals surface area contributed by atoms with Crippen molar-refractivity contribution in [2.24, 2.45) is 0 Å². The van der Waals surface area contributed by atoms with E-state index in [9.17, 15) is 19.7 Å². The normalized spacial score (nSPS) is 14.5. The van der Waals surface area contributed by atoms with Crippen LogP contribution in [0.1, 0.15) is 22.3 Å². The fourth-order valence-corrected chi connectivity index (χ4v) is 4.39. The van der Waals surface area contributed by atoms with Gasteiger partial charge < -0.3 is 9.47 Å². The van der Waals surface area contributed by atoms with Crippen molar-refractivity contribution in [3.63, 3.8) is 0 Å². The summed E-state index contributed by atoms with van der Waals surface area (Å²) in [5.74, 6) is 0.606. The van der Waals surface area contributed by atoms with Crippen LogP contribution in [0.4, 0.5) is 10.5 Å². The highest BCUT2D eigenvalue weighted by molar-refractivity contribution is 8.18. The van der Waals surface area contributed by atoms with Crippen LogP contribution in [0, 0.1) is 17.0 Å². The van der Waals surface area contributed by atoms with E-state index in [2.05, 4.69) is 0 Å². The standard InChI is InChI=1S/C26H22N2O6S/c1-17-4-3-5-20(12-17)15-27-25(29)24(35-26(27)30)14-19-8-11-22(23(13-19)33-2)34-16-18-6-9-21(10-7-18)28(31)32/h3-14H,15-16H2,1-2H3/b24-14+. The molecule has 1 aliphatic rings. The first-order valence-electron chi connectivity index (χ1n) is 10.7. The molecule has 0 N–H and O–H groups in total. The number of benzene rings is 3. The second kappa shape index (κ2) is 10.4. The molecule has 35 heavy (non-hydrogen) atoms. The summed E-state index contributed by atoms with van der Waals surface area (Å²) >= 11 is 0.907. The molecule has 3 aromatic carbocycles. The Morgan fingerprint density at radius 2 is 1.77 bits per heavy atom. The molecule has 0 atom stereocenters. The van der Waals surface area contributed by atoms with Crippen LogP contribution in [0.2, 0.25) is 0 Å². The van der Waals surface area contributed by atoms with Crippen molar-refractivity contribution in [3.05, 3.63) is 104 Å². The van der Waals surface area contributed by atoms with Crippen LogP contribution in [-0.4, -0.2) is 28.1 Å². The molecule has 1 aliphatic heterocycles. The maximum absolute atomic E-state index is 12.9. The molecular weight excluding hydrogens is 468 g/mol. The summed E-state index contributed by atoms with van der Waals surface area (Å²) in [5, 5.41) is 10.5. The average molecular weight is 491 g/mol. The van der Waals surface area contributed by atoms with Crippen molar-refractivity contribution < 1.29 is 24.0 Å². The van der Waals surface area contributed by atoms with Crippen LogP contribution in [0.15, 0.2) is 71.6 Å². The molecule has 3 aromatic rings. The number of methoxy groups -OCH3 is 1. The van der Waals surface area contributed by atoms with Crippen molar-refractivity contribution in [2.45, 2.75) is 20.1 Å². The zero-order valence-corrected chi connectivity index (χ0v) is 19.9. The molecule has 0 unspecified atom stereocenters. The van der Waals surface area contributed by atoms with Crippen LogP contribution in [0.25, 0.3) is 6.08 Å². The predicted octanol–water partition coefficient (Wildman–Crippen LogP) is 5.73. The number of non-ortho nitro benzene ring substituents is 1. The molecule has 1 saturated heterocycles. The van der Waals surface area contributed by atoms with Gasteiger partial charge in [0.25, 0.3) is 16.8 Å². The number of carbonyl (C=O) groups is 2. The molecule has 9 heteroatoms. The molecule has 0 saturated carbocycles. The average Bonchev–Trinajstić information content (AvgIpc) is 3.10. The third kappa shape index (κ3) is 5.70. The van der Waals surface area contributed by atoms with Gasteiger partial charge in [0.2, 0.25) is 0 Å². The number of thioether (sulfide) groups is 1. The second-order valence-electron chi connectivity index (χ2n) is 7.88. The number of carbonyl (C=O) groups excluding carboxylic acids is 2. The maximum Gasteiger partial charge on any atom is 0.293 e. The Balaban J connectivity index is 1.46. The first-order chi connectivity index (χ1) is 16.8. The molecule has 8 nitrogen and oxygen atoms in total. The van der Waals surface area contributed by atoms with E-state index in [0.29, 0.717) is 22.0 Å². The van der Waals surface area contributed by atoms with E-state index < -0.39 is 4.92 Å². The maximum atomic E-state index is 12.9. The molecule has 0 radical (unpaired) electrons. The van der Waals surface area contributed by atoms with E-state index in [1.165, 1.54) is 24.1 Å². The Hall–Kier alpha value is -4.11. The zero-order chi connectivity index (χ0) is 24.9. The molecule has 1 fully saturated rings. The molecular formula is C26H22N2O6S. The molecule has 0 bridgehead atoms.